The van der Waals surface area contributed by atoms with Crippen molar-refractivity contribution < 1.29 is 0 Å². The Kier molecular flexibility index (Phi) is 4.39. The normalized spacial score (nSPS) is 13.9. The number of guanidine groups is 1. The molecular weight excluding hydrogens is 328 g/mol. The number of nitrogens with zero attached hydrogens (tertiary/aromatic N) is 6. The van der Waals surface area contributed by atoms with E-state index < -0.39 is 0 Å². The molecule has 8 nitrogen and oxygen atoms in total. The number of benzene rings is 1. The smallest absolute Gasteiger partial charge is 0.198 e. The predicted octanol–water partition coefficient (Wildman–Crippen LogP) is 1.41. The van der Waals surface area contributed by atoms with Crippen molar-refractivity contribution in [3.63, 3.8) is 0 Å². The SMILES string of the molecule is CN=C(NCCNc1ncnc2c1cnn2C)N1CCc2ccccc21. The number of nitrogens with one attached hydrogen (secondary N) is 2. The van der Waals surface area contributed by atoms with Crippen molar-refractivity contribution in [1.82, 2.24) is 25.1 Å². The molecule has 4 rings (SSSR count). The molecule has 8 heteroatoms. The Hall–Kier alpha value is -3.16. The highest BCUT2D eigenvalue weighted by Crippen LogP contribution is 2.27. The molecule has 2 N–H and O–H groups in total. The molecule has 1 aromatic carbocycles. The summed E-state index contributed by atoms with van der Waals surface area (Å²) in [6, 6.07) is 8.48. The Labute approximate surface area is 152 Å². The minimum absolute atomic E-state index is 0.718. The van der Waals surface area contributed by atoms with Crippen LogP contribution in [-0.4, -0.2) is 52.4 Å². The van der Waals surface area contributed by atoms with E-state index in [1.807, 2.05) is 14.1 Å². The molecule has 0 saturated heterocycles. The summed E-state index contributed by atoms with van der Waals surface area (Å²) in [5.74, 6) is 1.69. The van der Waals surface area contributed by atoms with Crippen LogP contribution in [0.4, 0.5) is 11.5 Å². The maximum absolute atomic E-state index is 4.43. The zero-order chi connectivity index (χ0) is 17.9. The van der Waals surface area contributed by atoms with Gasteiger partial charge in [-0.15, -0.1) is 0 Å². The van der Waals surface area contributed by atoms with Gasteiger partial charge >= 0.3 is 0 Å². The van der Waals surface area contributed by atoms with Crippen LogP contribution in [0.25, 0.3) is 11.0 Å². The van der Waals surface area contributed by atoms with Crippen molar-refractivity contribution in [2.45, 2.75) is 6.42 Å². The van der Waals surface area contributed by atoms with Crippen molar-refractivity contribution in [2.75, 3.05) is 36.9 Å². The molecule has 0 bridgehead atoms. The summed E-state index contributed by atoms with van der Waals surface area (Å²) in [6.45, 7) is 2.40. The fourth-order valence-electron chi connectivity index (χ4n) is 3.31. The molecule has 0 unspecified atom stereocenters. The lowest BCUT2D eigenvalue weighted by molar-refractivity contribution is 0.785. The molecule has 1 aliphatic heterocycles. The van der Waals surface area contributed by atoms with Crippen molar-refractivity contribution >= 4 is 28.5 Å². The second kappa shape index (κ2) is 6.99. The van der Waals surface area contributed by atoms with E-state index in [1.165, 1.54) is 11.3 Å². The molecule has 3 heterocycles. The molecule has 3 aromatic rings. The van der Waals surface area contributed by atoms with Crippen molar-refractivity contribution in [2.24, 2.45) is 12.0 Å². The standard InChI is InChI=1S/C18H22N8/c1-19-18(26-10-7-13-5-3-4-6-15(13)26)21-9-8-20-16-14-11-24-25(2)17(14)23-12-22-16/h3-6,11-12H,7-10H2,1-2H3,(H,19,21)(H,20,22,23). The van der Waals surface area contributed by atoms with E-state index in [0.717, 1.165) is 48.9 Å². The Morgan fingerprint density at radius 1 is 1.23 bits per heavy atom. The molecule has 0 spiro atoms. The molecular formula is C18H22N8. The third-order valence-corrected chi connectivity index (χ3v) is 4.58. The second-order valence-electron chi connectivity index (χ2n) is 6.16. The van der Waals surface area contributed by atoms with Gasteiger partial charge in [-0.2, -0.15) is 5.10 Å². The van der Waals surface area contributed by atoms with Gasteiger partial charge < -0.3 is 15.5 Å². The van der Waals surface area contributed by atoms with Crippen molar-refractivity contribution in [3.8, 4) is 0 Å². The Morgan fingerprint density at radius 3 is 3.00 bits per heavy atom. The quantitative estimate of drug-likeness (QED) is 0.421. The van der Waals surface area contributed by atoms with Crippen LogP contribution in [-0.2, 0) is 13.5 Å². The average molecular weight is 350 g/mol. The predicted molar refractivity (Wildman–Crippen MR) is 104 cm³/mol. The maximum Gasteiger partial charge on any atom is 0.198 e. The largest absolute Gasteiger partial charge is 0.368 e. The molecule has 0 atom stereocenters. The summed E-state index contributed by atoms with van der Waals surface area (Å²) in [5, 5.41) is 11.9. The number of aryl methyl sites for hydroxylation is 1. The van der Waals surface area contributed by atoms with E-state index in [2.05, 4.69) is 59.9 Å². The van der Waals surface area contributed by atoms with Gasteiger partial charge in [-0.1, -0.05) is 18.2 Å². The lowest BCUT2D eigenvalue weighted by Gasteiger charge is -2.22. The summed E-state index contributed by atoms with van der Waals surface area (Å²) in [7, 11) is 3.69. The zero-order valence-electron chi connectivity index (χ0n) is 15.0. The lowest BCUT2D eigenvalue weighted by Crippen LogP contribution is -2.42. The number of aromatic nitrogens is 4. The fraction of sp³-hybridized carbons (Fsp3) is 0.333. The van der Waals surface area contributed by atoms with E-state index in [1.54, 1.807) is 17.2 Å². The summed E-state index contributed by atoms with van der Waals surface area (Å²) < 4.78 is 1.74. The first-order chi connectivity index (χ1) is 12.8. The first kappa shape index (κ1) is 16.3. The summed E-state index contributed by atoms with van der Waals surface area (Å²) in [6.07, 6.45) is 4.39. The number of rotatable bonds is 4. The molecule has 26 heavy (non-hydrogen) atoms. The zero-order valence-corrected chi connectivity index (χ0v) is 15.0. The van der Waals surface area contributed by atoms with E-state index >= 15 is 0 Å². The van der Waals surface area contributed by atoms with Crippen LogP contribution < -0.4 is 15.5 Å². The molecule has 0 aliphatic carbocycles. The number of aliphatic imine (C=N–C) groups is 1. The van der Waals surface area contributed by atoms with Crippen LogP contribution in [0.15, 0.2) is 41.8 Å². The average Bonchev–Trinajstić information content (AvgIpc) is 3.27. The van der Waals surface area contributed by atoms with E-state index in [9.17, 15) is 0 Å². The van der Waals surface area contributed by atoms with Crippen LogP contribution in [0, 0.1) is 0 Å². The molecule has 0 radical (unpaired) electrons. The minimum atomic E-state index is 0.718. The van der Waals surface area contributed by atoms with E-state index in [4.69, 9.17) is 0 Å². The Morgan fingerprint density at radius 2 is 2.12 bits per heavy atom. The lowest BCUT2D eigenvalue weighted by atomic mass is 10.2. The van der Waals surface area contributed by atoms with Crippen LogP contribution in [0.3, 0.4) is 0 Å². The highest BCUT2D eigenvalue weighted by molar-refractivity contribution is 5.97. The Bertz CT molecular complexity index is 945. The number of hydrogen-bond donors (Lipinski definition) is 2. The van der Waals surface area contributed by atoms with Crippen LogP contribution >= 0.6 is 0 Å². The maximum atomic E-state index is 4.43. The van der Waals surface area contributed by atoms with Crippen LogP contribution in [0.1, 0.15) is 5.56 Å². The van der Waals surface area contributed by atoms with Gasteiger partial charge in [-0.3, -0.25) is 9.67 Å². The van der Waals surface area contributed by atoms with Gasteiger partial charge in [-0.25, -0.2) is 9.97 Å². The number of anilines is 2. The van der Waals surface area contributed by atoms with Gasteiger partial charge in [0.1, 0.15) is 12.1 Å². The summed E-state index contributed by atoms with van der Waals surface area (Å²) in [5.41, 5.74) is 3.43. The van der Waals surface area contributed by atoms with Crippen LogP contribution in [0.2, 0.25) is 0 Å². The van der Waals surface area contributed by atoms with Gasteiger partial charge in [0.05, 0.1) is 11.6 Å². The third-order valence-electron chi connectivity index (χ3n) is 4.58. The van der Waals surface area contributed by atoms with Gasteiger partial charge in [0, 0.05) is 39.4 Å². The van der Waals surface area contributed by atoms with Gasteiger partial charge in [-0.05, 0) is 18.1 Å². The number of hydrogen-bond acceptors (Lipinski definition) is 5. The van der Waals surface area contributed by atoms with Crippen molar-refractivity contribution in [1.29, 1.82) is 0 Å². The molecule has 1 aliphatic rings. The third kappa shape index (κ3) is 2.94. The molecule has 2 aromatic heterocycles. The number of para-hydroxylation sites is 1. The van der Waals surface area contributed by atoms with Crippen molar-refractivity contribution in [3.05, 3.63) is 42.4 Å². The van der Waals surface area contributed by atoms with E-state index in [-0.39, 0.29) is 0 Å². The molecule has 0 fully saturated rings. The first-order valence-electron chi connectivity index (χ1n) is 8.70. The van der Waals surface area contributed by atoms with Gasteiger partial charge in [0.15, 0.2) is 11.6 Å². The highest BCUT2D eigenvalue weighted by Gasteiger charge is 2.22. The van der Waals surface area contributed by atoms with E-state index in [0.29, 0.717) is 0 Å². The fourth-order valence-corrected chi connectivity index (χ4v) is 3.31. The van der Waals surface area contributed by atoms with Crippen LogP contribution in [0.5, 0.6) is 0 Å². The van der Waals surface area contributed by atoms with Gasteiger partial charge in [0.2, 0.25) is 0 Å². The molecule has 0 saturated carbocycles. The number of fused-ring (bicyclic) bond motifs is 2. The summed E-state index contributed by atoms with van der Waals surface area (Å²) >= 11 is 0. The topological polar surface area (TPSA) is 83.3 Å². The highest BCUT2D eigenvalue weighted by atomic mass is 15.3. The monoisotopic (exact) mass is 350 g/mol. The van der Waals surface area contributed by atoms with Gasteiger partial charge in [0.25, 0.3) is 0 Å². The molecule has 0 amide bonds. The first-order valence-corrected chi connectivity index (χ1v) is 8.70. The minimum Gasteiger partial charge on any atom is -0.368 e. The second-order valence-corrected chi connectivity index (χ2v) is 6.16. The Balaban J connectivity index is 1.37. The summed E-state index contributed by atoms with van der Waals surface area (Å²) in [4.78, 5) is 15.2. The molecule has 134 valence electrons.